The Morgan fingerprint density at radius 3 is 2.67 bits per heavy atom. The minimum absolute atomic E-state index is 0.00787. The summed E-state index contributed by atoms with van der Waals surface area (Å²) in [6, 6.07) is 7.72. The third-order valence-electron chi connectivity index (χ3n) is 3.75. The number of likely N-dealkylation sites (tertiary alicyclic amines) is 1. The number of halogens is 1. The van der Waals surface area contributed by atoms with E-state index in [1.165, 1.54) is 16.9 Å². The van der Waals surface area contributed by atoms with Gasteiger partial charge in [0.25, 0.3) is 0 Å². The smallest absolute Gasteiger partial charge is 0.317 e. The van der Waals surface area contributed by atoms with Crippen molar-refractivity contribution in [2.45, 2.75) is 30.4 Å². The SMILES string of the molecule is C[C@@H]1CC(OSc2ccc(Br)cc2)CN1C(=O)CNC(=O)N(C)C. The van der Waals surface area contributed by atoms with E-state index in [9.17, 15) is 9.59 Å². The van der Waals surface area contributed by atoms with Crippen LogP contribution in [0.1, 0.15) is 13.3 Å². The van der Waals surface area contributed by atoms with Gasteiger partial charge in [0.05, 0.1) is 12.6 Å². The number of urea groups is 1. The normalized spacial score (nSPS) is 20.1. The molecule has 0 spiro atoms. The summed E-state index contributed by atoms with van der Waals surface area (Å²) in [6.07, 6.45) is 0.777. The molecule has 1 aromatic rings. The third-order valence-corrected chi connectivity index (χ3v) is 5.11. The lowest BCUT2D eigenvalue weighted by Gasteiger charge is -2.22. The van der Waals surface area contributed by atoms with Gasteiger partial charge in [-0.2, -0.15) is 0 Å². The second-order valence-corrected chi connectivity index (χ2v) is 7.69. The maximum Gasteiger partial charge on any atom is 0.317 e. The highest BCUT2D eigenvalue weighted by atomic mass is 79.9. The van der Waals surface area contributed by atoms with Gasteiger partial charge in [-0.05, 0) is 37.6 Å². The highest BCUT2D eigenvalue weighted by Crippen LogP contribution is 2.28. The Morgan fingerprint density at radius 2 is 2.04 bits per heavy atom. The van der Waals surface area contributed by atoms with Crippen molar-refractivity contribution in [3.63, 3.8) is 0 Å². The molecule has 0 aromatic heterocycles. The van der Waals surface area contributed by atoms with Crippen LogP contribution in [0, 0.1) is 0 Å². The number of hydrogen-bond donors (Lipinski definition) is 1. The van der Waals surface area contributed by atoms with Crippen molar-refractivity contribution < 1.29 is 13.8 Å². The third kappa shape index (κ3) is 5.39. The number of hydrogen-bond acceptors (Lipinski definition) is 4. The maximum atomic E-state index is 12.3. The predicted molar refractivity (Wildman–Crippen MR) is 97.7 cm³/mol. The van der Waals surface area contributed by atoms with Gasteiger partial charge in [-0.25, -0.2) is 4.79 Å². The fraction of sp³-hybridized carbons (Fsp3) is 0.500. The van der Waals surface area contributed by atoms with E-state index in [2.05, 4.69) is 21.2 Å². The molecule has 1 aliphatic rings. The summed E-state index contributed by atoms with van der Waals surface area (Å²) in [5, 5.41) is 2.60. The van der Waals surface area contributed by atoms with Crippen LogP contribution in [0.4, 0.5) is 4.79 Å². The molecule has 132 valence electrons. The van der Waals surface area contributed by atoms with Gasteiger partial charge in [-0.3, -0.25) is 4.79 Å². The second-order valence-electron chi connectivity index (χ2n) is 5.94. The Labute approximate surface area is 155 Å². The fourth-order valence-corrected chi connectivity index (χ4v) is 3.32. The lowest BCUT2D eigenvalue weighted by molar-refractivity contribution is -0.130. The van der Waals surface area contributed by atoms with E-state index in [0.29, 0.717) is 6.54 Å². The number of nitrogens with zero attached hydrogens (tertiary/aromatic N) is 2. The van der Waals surface area contributed by atoms with Crippen LogP contribution in [0.25, 0.3) is 0 Å². The summed E-state index contributed by atoms with van der Waals surface area (Å²) in [5.74, 6) is -0.0857. The Morgan fingerprint density at radius 1 is 1.38 bits per heavy atom. The van der Waals surface area contributed by atoms with Gasteiger partial charge in [0.15, 0.2) is 0 Å². The molecule has 0 bridgehead atoms. The molecule has 1 N–H and O–H groups in total. The molecule has 1 saturated heterocycles. The molecule has 1 aromatic carbocycles. The number of nitrogens with one attached hydrogen (secondary N) is 1. The van der Waals surface area contributed by atoms with Crippen LogP contribution in [0.3, 0.4) is 0 Å². The first-order chi connectivity index (χ1) is 11.4. The molecule has 0 radical (unpaired) electrons. The van der Waals surface area contributed by atoms with Gasteiger partial charge in [0, 0.05) is 48.1 Å². The fourth-order valence-electron chi connectivity index (χ4n) is 2.42. The number of carbonyl (C=O) groups excluding carboxylic acids is 2. The number of benzene rings is 1. The van der Waals surface area contributed by atoms with Crippen molar-refractivity contribution in [2.24, 2.45) is 0 Å². The van der Waals surface area contributed by atoms with Crippen LogP contribution in [0.2, 0.25) is 0 Å². The van der Waals surface area contributed by atoms with E-state index in [1.54, 1.807) is 19.0 Å². The van der Waals surface area contributed by atoms with Crippen LogP contribution in [-0.2, 0) is 8.98 Å². The molecule has 1 heterocycles. The van der Waals surface area contributed by atoms with Crippen molar-refractivity contribution in [1.82, 2.24) is 15.1 Å². The standard InChI is InChI=1S/C16H22BrN3O3S/c1-11-8-13(23-24-14-6-4-12(17)5-7-14)10-20(11)15(21)9-18-16(22)19(2)3/h4-7,11,13H,8-10H2,1-3H3,(H,18,22)/t11-,13?/m1/s1. The van der Waals surface area contributed by atoms with E-state index in [4.69, 9.17) is 4.18 Å². The van der Waals surface area contributed by atoms with Crippen LogP contribution >= 0.6 is 28.0 Å². The van der Waals surface area contributed by atoms with Crippen molar-refractivity contribution >= 4 is 39.9 Å². The highest BCUT2D eigenvalue weighted by molar-refractivity contribution is 9.10. The molecular formula is C16H22BrN3O3S. The van der Waals surface area contributed by atoms with E-state index < -0.39 is 0 Å². The molecule has 3 amide bonds. The Kier molecular flexibility index (Phi) is 6.94. The molecule has 24 heavy (non-hydrogen) atoms. The van der Waals surface area contributed by atoms with Crippen LogP contribution in [-0.4, -0.2) is 61.1 Å². The van der Waals surface area contributed by atoms with Crippen molar-refractivity contribution in [3.05, 3.63) is 28.7 Å². The van der Waals surface area contributed by atoms with E-state index in [-0.39, 0.29) is 30.6 Å². The highest BCUT2D eigenvalue weighted by Gasteiger charge is 2.33. The Bertz CT molecular complexity index is 582. The van der Waals surface area contributed by atoms with Gasteiger partial charge >= 0.3 is 6.03 Å². The zero-order valence-corrected chi connectivity index (χ0v) is 16.4. The van der Waals surface area contributed by atoms with E-state index in [0.717, 1.165) is 15.8 Å². The molecule has 8 heteroatoms. The molecule has 2 rings (SSSR count). The average Bonchev–Trinajstić information content (AvgIpc) is 2.92. The van der Waals surface area contributed by atoms with Crippen LogP contribution < -0.4 is 5.32 Å². The molecule has 0 saturated carbocycles. The zero-order valence-electron chi connectivity index (χ0n) is 14.0. The lowest BCUT2D eigenvalue weighted by Crippen LogP contribution is -2.44. The van der Waals surface area contributed by atoms with Crippen molar-refractivity contribution in [3.8, 4) is 0 Å². The van der Waals surface area contributed by atoms with Gasteiger partial charge in [0.1, 0.15) is 0 Å². The van der Waals surface area contributed by atoms with Gasteiger partial charge in [0.2, 0.25) is 5.91 Å². The Balaban J connectivity index is 1.79. The minimum atomic E-state index is -0.270. The Hall–Kier alpha value is -1.25. The summed E-state index contributed by atoms with van der Waals surface area (Å²) < 4.78 is 6.88. The number of rotatable bonds is 5. The summed E-state index contributed by atoms with van der Waals surface area (Å²) in [4.78, 5) is 28.0. The summed E-state index contributed by atoms with van der Waals surface area (Å²) in [7, 11) is 3.28. The van der Waals surface area contributed by atoms with Gasteiger partial charge in [-0.1, -0.05) is 15.9 Å². The largest absolute Gasteiger partial charge is 0.336 e. The summed E-state index contributed by atoms with van der Waals surface area (Å²) >= 11 is 4.73. The molecule has 1 unspecified atom stereocenters. The summed E-state index contributed by atoms with van der Waals surface area (Å²) in [5.41, 5.74) is 0. The van der Waals surface area contributed by atoms with Crippen LogP contribution in [0.5, 0.6) is 0 Å². The molecule has 0 aliphatic carbocycles. The molecule has 1 aliphatic heterocycles. The van der Waals surface area contributed by atoms with Crippen LogP contribution in [0.15, 0.2) is 33.6 Å². The second kappa shape index (κ2) is 8.73. The number of amides is 3. The van der Waals surface area contributed by atoms with Gasteiger partial charge in [-0.15, -0.1) is 0 Å². The first kappa shape index (κ1) is 19.1. The average molecular weight is 416 g/mol. The molecular weight excluding hydrogens is 394 g/mol. The first-order valence-electron chi connectivity index (χ1n) is 7.70. The van der Waals surface area contributed by atoms with Crippen molar-refractivity contribution in [2.75, 3.05) is 27.2 Å². The minimum Gasteiger partial charge on any atom is -0.336 e. The summed E-state index contributed by atoms with van der Waals surface area (Å²) in [6.45, 7) is 2.55. The topological polar surface area (TPSA) is 61.9 Å². The molecule has 1 fully saturated rings. The van der Waals surface area contributed by atoms with Crippen molar-refractivity contribution in [1.29, 1.82) is 0 Å². The quantitative estimate of drug-likeness (QED) is 0.750. The van der Waals surface area contributed by atoms with E-state index in [1.807, 2.05) is 31.2 Å². The monoisotopic (exact) mass is 415 g/mol. The van der Waals surface area contributed by atoms with E-state index >= 15 is 0 Å². The van der Waals surface area contributed by atoms with Gasteiger partial charge < -0.3 is 19.3 Å². The molecule has 6 nitrogen and oxygen atoms in total. The molecule has 2 atom stereocenters. The predicted octanol–water partition coefficient (Wildman–Crippen LogP) is 2.73. The lowest BCUT2D eigenvalue weighted by atomic mass is 10.2. The number of carbonyl (C=O) groups is 2. The first-order valence-corrected chi connectivity index (χ1v) is 9.23. The zero-order chi connectivity index (χ0) is 17.7. The maximum absolute atomic E-state index is 12.3.